The molecular weight excluding hydrogens is 122 g/mol. The van der Waals surface area contributed by atoms with E-state index in [0.29, 0.717) is 26.0 Å². The fourth-order valence-corrected chi connectivity index (χ4v) is 0.519. The number of nitrogens with zero attached hydrogens (tertiary/aromatic N) is 1. The molecule has 50 valence electrons. The monoisotopic (exact) mass is 129 g/mol. The second kappa shape index (κ2) is 2.59. The molecule has 0 radical (unpaired) electrons. The van der Waals surface area contributed by atoms with E-state index in [1.165, 1.54) is 0 Å². The molecular formula is C5H7NO3. The highest BCUT2D eigenvalue weighted by molar-refractivity contribution is 5.68. The summed E-state index contributed by atoms with van der Waals surface area (Å²) in [6.45, 7) is 1.06. The fourth-order valence-electron chi connectivity index (χ4n) is 0.519. The number of hydrogen-bond acceptors (Lipinski definition) is 3. The van der Waals surface area contributed by atoms with Crippen LogP contribution in [-0.2, 0) is 14.3 Å². The number of imide groups is 1. The molecule has 0 aromatic carbocycles. The molecule has 0 N–H and O–H groups in total. The number of carbonyl (C=O) groups excluding carboxylic acids is 2. The molecule has 4 nitrogen and oxygen atoms in total. The van der Waals surface area contributed by atoms with E-state index in [0.717, 1.165) is 4.90 Å². The lowest BCUT2D eigenvalue weighted by atomic mass is 10.4. The highest BCUT2D eigenvalue weighted by Crippen LogP contribution is 2.08. The first-order valence-corrected chi connectivity index (χ1v) is 2.64. The van der Waals surface area contributed by atoms with E-state index in [2.05, 4.69) is 0 Å². The summed E-state index contributed by atoms with van der Waals surface area (Å²) in [5.74, 6) is 0. The Morgan fingerprint density at radius 1 is 1.56 bits per heavy atom. The van der Waals surface area contributed by atoms with Crippen LogP contribution >= 0.6 is 0 Å². The van der Waals surface area contributed by atoms with E-state index < -0.39 is 0 Å². The molecule has 1 rings (SSSR count). The van der Waals surface area contributed by atoms with Crippen LogP contribution in [0.4, 0.5) is 0 Å². The van der Waals surface area contributed by atoms with Gasteiger partial charge in [-0.25, -0.2) is 0 Å². The van der Waals surface area contributed by atoms with Gasteiger partial charge >= 0.3 is 0 Å². The van der Waals surface area contributed by atoms with Crippen molar-refractivity contribution in [1.82, 2.24) is 4.90 Å². The third-order valence-corrected chi connectivity index (χ3v) is 1.09. The summed E-state index contributed by atoms with van der Waals surface area (Å²) in [5, 5.41) is 0. The van der Waals surface area contributed by atoms with Gasteiger partial charge in [0.15, 0.2) is 0 Å². The van der Waals surface area contributed by atoms with Gasteiger partial charge in [-0.1, -0.05) is 0 Å². The van der Waals surface area contributed by atoms with Crippen molar-refractivity contribution in [3.63, 3.8) is 0 Å². The summed E-state index contributed by atoms with van der Waals surface area (Å²) in [6.07, 6.45) is 1.09. The quantitative estimate of drug-likeness (QED) is 0.361. The summed E-state index contributed by atoms with van der Waals surface area (Å²) < 4.78 is 4.78. The van der Waals surface area contributed by atoms with Crippen molar-refractivity contribution in [3.8, 4) is 0 Å². The Bertz CT molecular complexity index is 113. The molecule has 0 aromatic rings. The summed E-state index contributed by atoms with van der Waals surface area (Å²) in [4.78, 5) is 20.9. The van der Waals surface area contributed by atoms with E-state index in [1.54, 1.807) is 0 Å². The number of hydrogen-bond donors (Lipinski definition) is 0. The van der Waals surface area contributed by atoms with Crippen molar-refractivity contribution < 1.29 is 14.3 Å². The molecule has 0 aromatic heterocycles. The van der Waals surface area contributed by atoms with E-state index in [4.69, 9.17) is 4.74 Å². The van der Waals surface area contributed by atoms with Crippen LogP contribution in [0.5, 0.6) is 0 Å². The Morgan fingerprint density at radius 3 is 2.44 bits per heavy atom. The van der Waals surface area contributed by atoms with Crippen LogP contribution in [0.25, 0.3) is 0 Å². The first-order valence-electron chi connectivity index (χ1n) is 2.64. The van der Waals surface area contributed by atoms with Crippen LogP contribution in [0, 0.1) is 0 Å². The Balaban J connectivity index is 2.19. The van der Waals surface area contributed by atoms with Crippen LogP contribution in [0.2, 0.25) is 0 Å². The average Bonchev–Trinajstić information content (AvgIpc) is 2.66. The van der Waals surface area contributed by atoms with Crippen molar-refractivity contribution in [2.75, 3.05) is 13.2 Å². The van der Waals surface area contributed by atoms with Crippen molar-refractivity contribution >= 4 is 12.8 Å². The largest absolute Gasteiger partial charge is 0.371 e. The molecule has 0 saturated carbocycles. The van der Waals surface area contributed by atoms with Gasteiger partial charge in [-0.05, 0) is 0 Å². The second-order valence-corrected chi connectivity index (χ2v) is 1.86. The lowest BCUT2D eigenvalue weighted by Gasteiger charge is -2.03. The van der Waals surface area contributed by atoms with Crippen molar-refractivity contribution in [2.45, 2.75) is 6.10 Å². The molecule has 1 saturated heterocycles. The Morgan fingerprint density at radius 2 is 2.11 bits per heavy atom. The lowest BCUT2D eigenvalue weighted by Crippen LogP contribution is -2.24. The lowest BCUT2D eigenvalue weighted by molar-refractivity contribution is -0.129. The number of amides is 2. The zero-order chi connectivity index (χ0) is 6.69. The smallest absolute Gasteiger partial charge is 0.216 e. The van der Waals surface area contributed by atoms with Crippen LogP contribution in [0.1, 0.15) is 0 Å². The molecule has 9 heavy (non-hydrogen) atoms. The molecule has 1 aliphatic heterocycles. The molecule has 0 aliphatic carbocycles. The third-order valence-electron chi connectivity index (χ3n) is 1.09. The Kier molecular flexibility index (Phi) is 1.79. The molecule has 4 heteroatoms. The molecule has 1 unspecified atom stereocenters. The fraction of sp³-hybridized carbons (Fsp3) is 0.600. The average molecular weight is 129 g/mol. The van der Waals surface area contributed by atoms with Gasteiger partial charge in [0.2, 0.25) is 12.8 Å². The summed E-state index contributed by atoms with van der Waals surface area (Å²) >= 11 is 0. The zero-order valence-corrected chi connectivity index (χ0v) is 4.82. The number of carbonyl (C=O) groups is 2. The van der Waals surface area contributed by atoms with Gasteiger partial charge in [-0.3, -0.25) is 14.5 Å². The summed E-state index contributed by atoms with van der Waals surface area (Å²) in [6, 6.07) is 0. The minimum atomic E-state index is 0.0976. The van der Waals surface area contributed by atoms with Crippen LogP contribution in [0.15, 0.2) is 0 Å². The predicted octanol–water partition coefficient (Wildman–Crippen LogP) is -1.00. The molecule has 0 spiro atoms. The van der Waals surface area contributed by atoms with Gasteiger partial charge in [-0.2, -0.15) is 0 Å². The number of epoxide rings is 1. The highest BCUT2D eigenvalue weighted by Gasteiger charge is 2.24. The normalized spacial score (nSPS) is 22.9. The maximum Gasteiger partial charge on any atom is 0.216 e. The van der Waals surface area contributed by atoms with Crippen molar-refractivity contribution in [3.05, 3.63) is 0 Å². The molecule has 1 aliphatic rings. The molecule has 1 atom stereocenters. The third kappa shape index (κ3) is 1.81. The van der Waals surface area contributed by atoms with Gasteiger partial charge in [0.1, 0.15) is 0 Å². The van der Waals surface area contributed by atoms with Crippen LogP contribution in [-0.4, -0.2) is 37.0 Å². The highest BCUT2D eigenvalue weighted by atomic mass is 16.6. The summed E-state index contributed by atoms with van der Waals surface area (Å²) in [5.41, 5.74) is 0. The molecule has 2 amide bonds. The number of rotatable bonds is 4. The van der Waals surface area contributed by atoms with E-state index in [9.17, 15) is 9.59 Å². The second-order valence-electron chi connectivity index (χ2n) is 1.86. The maximum atomic E-state index is 9.94. The van der Waals surface area contributed by atoms with E-state index in [-0.39, 0.29) is 6.10 Å². The molecule has 1 heterocycles. The zero-order valence-electron chi connectivity index (χ0n) is 4.82. The van der Waals surface area contributed by atoms with Gasteiger partial charge in [0.25, 0.3) is 0 Å². The minimum Gasteiger partial charge on any atom is -0.371 e. The topological polar surface area (TPSA) is 49.9 Å². The Labute approximate surface area is 52.4 Å². The van der Waals surface area contributed by atoms with Gasteiger partial charge in [0.05, 0.1) is 19.3 Å². The van der Waals surface area contributed by atoms with Crippen LogP contribution in [0.3, 0.4) is 0 Å². The molecule has 0 bridgehead atoms. The van der Waals surface area contributed by atoms with E-state index in [1.807, 2.05) is 0 Å². The van der Waals surface area contributed by atoms with Crippen molar-refractivity contribution in [1.29, 1.82) is 0 Å². The predicted molar refractivity (Wildman–Crippen MR) is 28.6 cm³/mol. The standard InChI is InChI=1S/C5H7NO3/c7-3-6(4-8)1-5-2-9-5/h3-5H,1-2H2. The first kappa shape index (κ1) is 6.22. The minimum absolute atomic E-state index is 0.0976. The van der Waals surface area contributed by atoms with Crippen LogP contribution < -0.4 is 0 Å². The first-order chi connectivity index (χ1) is 4.36. The SMILES string of the molecule is O=CN(C=O)CC1CO1. The maximum absolute atomic E-state index is 9.94. The van der Waals surface area contributed by atoms with Gasteiger partial charge < -0.3 is 4.74 Å². The van der Waals surface area contributed by atoms with Gasteiger partial charge in [-0.15, -0.1) is 0 Å². The van der Waals surface area contributed by atoms with Gasteiger partial charge in [0, 0.05) is 0 Å². The number of ether oxygens (including phenoxy) is 1. The van der Waals surface area contributed by atoms with E-state index >= 15 is 0 Å². The molecule has 1 fully saturated rings. The summed E-state index contributed by atoms with van der Waals surface area (Å²) in [7, 11) is 0. The Hall–Kier alpha value is -0.900. The van der Waals surface area contributed by atoms with Crippen molar-refractivity contribution in [2.24, 2.45) is 0 Å².